The van der Waals surface area contributed by atoms with Crippen molar-refractivity contribution in [1.29, 1.82) is 0 Å². The molecule has 5 nitrogen and oxygen atoms in total. The largest absolute Gasteiger partial charge is 0.338 e. The summed E-state index contributed by atoms with van der Waals surface area (Å²) in [6.07, 6.45) is 7.23. The zero-order chi connectivity index (χ0) is 17.6. The molecule has 0 spiro atoms. The van der Waals surface area contributed by atoms with Gasteiger partial charge in [-0.05, 0) is 37.7 Å². The zero-order valence-corrected chi connectivity index (χ0v) is 15.2. The van der Waals surface area contributed by atoms with Crippen molar-refractivity contribution in [3.8, 4) is 0 Å². The van der Waals surface area contributed by atoms with Gasteiger partial charge in [0.2, 0.25) is 0 Å². The SMILES string of the molecule is CCCNC(=O)N(Cc1nccn1Cc1cccc(C)c1)CC1CC1. The molecule has 1 N–H and O–H groups in total. The summed E-state index contributed by atoms with van der Waals surface area (Å²) < 4.78 is 2.14. The molecular weight excluding hydrogens is 312 g/mol. The molecule has 1 aromatic heterocycles. The van der Waals surface area contributed by atoms with Crippen molar-refractivity contribution in [3.63, 3.8) is 0 Å². The Kier molecular flexibility index (Phi) is 5.74. The molecule has 2 amide bonds. The summed E-state index contributed by atoms with van der Waals surface area (Å²) in [7, 11) is 0. The fourth-order valence-electron chi connectivity index (χ4n) is 2.99. The topological polar surface area (TPSA) is 50.2 Å². The fraction of sp³-hybridized carbons (Fsp3) is 0.500. The highest BCUT2D eigenvalue weighted by molar-refractivity contribution is 5.74. The summed E-state index contributed by atoms with van der Waals surface area (Å²) in [5.74, 6) is 1.60. The van der Waals surface area contributed by atoms with E-state index in [1.54, 1.807) is 0 Å². The van der Waals surface area contributed by atoms with Crippen molar-refractivity contribution in [2.75, 3.05) is 13.1 Å². The number of aromatic nitrogens is 2. The molecule has 1 aromatic carbocycles. The number of hydrogen-bond acceptors (Lipinski definition) is 2. The van der Waals surface area contributed by atoms with Gasteiger partial charge in [0.15, 0.2) is 0 Å². The van der Waals surface area contributed by atoms with Crippen LogP contribution >= 0.6 is 0 Å². The van der Waals surface area contributed by atoms with E-state index in [0.29, 0.717) is 12.5 Å². The summed E-state index contributed by atoms with van der Waals surface area (Å²) in [6, 6.07) is 8.54. The van der Waals surface area contributed by atoms with Gasteiger partial charge in [-0.1, -0.05) is 36.8 Å². The number of nitrogens with zero attached hydrogens (tertiary/aromatic N) is 3. The molecule has 1 aliphatic carbocycles. The molecule has 1 heterocycles. The first kappa shape index (κ1) is 17.5. The molecule has 0 radical (unpaired) electrons. The summed E-state index contributed by atoms with van der Waals surface area (Å²) in [5, 5.41) is 3.00. The van der Waals surface area contributed by atoms with E-state index < -0.39 is 0 Å². The third-order valence-electron chi connectivity index (χ3n) is 4.56. The maximum absolute atomic E-state index is 12.5. The van der Waals surface area contributed by atoms with E-state index in [1.165, 1.54) is 24.0 Å². The van der Waals surface area contributed by atoms with Crippen LogP contribution < -0.4 is 5.32 Å². The van der Waals surface area contributed by atoms with Crippen LogP contribution in [0.5, 0.6) is 0 Å². The van der Waals surface area contributed by atoms with Crippen molar-refractivity contribution in [2.24, 2.45) is 5.92 Å². The average Bonchev–Trinajstić information content (AvgIpc) is 3.31. The highest BCUT2D eigenvalue weighted by Crippen LogP contribution is 2.30. The number of carbonyl (C=O) groups excluding carboxylic acids is 1. The van der Waals surface area contributed by atoms with Crippen molar-refractivity contribution < 1.29 is 4.79 Å². The van der Waals surface area contributed by atoms with Gasteiger partial charge in [0, 0.05) is 32.0 Å². The number of amides is 2. The highest BCUT2D eigenvalue weighted by atomic mass is 16.2. The average molecular weight is 340 g/mol. The second-order valence-corrected chi connectivity index (χ2v) is 7.02. The Hall–Kier alpha value is -2.30. The Bertz CT molecular complexity index is 705. The highest BCUT2D eigenvalue weighted by Gasteiger charge is 2.27. The van der Waals surface area contributed by atoms with Crippen LogP contribution in [0.3, 0.4) is 0 Å². The molecule has 5 heteroatoms. The monoisotopic (exact) mass is 340 g/mol. The number of hydrogen-bond donors (Lipinski definition) is 1. The molecule has 1 fully saturated rings. The molecule has 0 saturated heterocycles. The van der Waals surface area contributed by atoms with Gasteiger partial charge in [0.1, 0.15) is 5.82 Å². The quantitative estimate of drug-likeness (QED) is 0.798. The van der Waals surface area contributed by atoms with Gasteiger partial charge in [-0.15, -0.1) is 0 Å². The molecule has 2 aromatic rings. The molecule has 0 atom stereocenters. The first-order valence-electron chi connectivity index (χ1n) is 9.24. The van der Waals surface area contributed by atoms with Crippen LogP contribution in [0.1, 0.15) is 43.1 Å². The minimum atomic E-state index is 0.0267. The Labute approximate surface area is 150 Å². The normalized spacial score (nSPS) is 13.7. The summed E-state index contributed by atoms with van der Waals surface area (Å²) >= 11 is 0. The van der Waals surface area contributed by atoms with Crippen LogP contribution in [0.4, 0.5) is 4.79 Å². The van der Waals surface area contributed by atoms with Gasteiger partial charge < -0.3 is 14.8 Å². The fourth-order valence-corrected chi connectivity index (χ4v) is 2.99. The molecule has 0 unspecified atom stereocenters. The summed E-state index contributed by atoms with van der Waals surface area (Å²) in [4.78, 5) is 18.9. The van der Waals surface area contributed by atoms with Crippen LogP contribution in [0, 0.1) is 12.8 Å². The number of imidazole rings is 1. The molecule has 1 saturated carbocycles. The standard InChI is InChI=1S/C20H28N4O/c1-3-9-22-20(25)24(13-17-7-8-17)15-19-21-10-11-23(19)14-18-6-4-5-16(2)12-18/h4-6,10-12,17H,3,7-9,13-15H2,1-2H3,(H,22,25). The lowest BCUT2D eigenvalue weighted by atomic mass is 10.1. The Balaban J connectivity index is 1.69. The molecular formula is C20H28N4O. The Morgan fingerprint density at radius 1 is 1.40 bits per heavy atom. The molecule has 0 aliphatic heterocycles. The lowest BCUT2D eigenvalue weighted by Gasteiger charge is -2.23. The van der Waals surface area contributed by atoms with Crippen molar-refractivity contribution in [3.05, 3.63) is 53.6 Å². The minimum absolute atomic E-state index is 0.0267. The van der Waals surface area contributed by atoms with Gasteiger partial charge in [-0.2, -0.15) is 0 Å². The summed E-state index contributed by atoms with van der Waals surface area (Å²) in [5.41, 5.74) is 2.51. The Morgan fingerprint density at radius 2 is 2.24 bits per heavy atom. The third kappa shape index (κ3) is 5.08. The van der Waals surface area contributed by atoms with Crippen LogP contribution in [0.15, 0.2) is 36.7 Å². The number of benzene rings is 1. The molecule has 0 bridgehead atoms. The predicted molar refractivity (Wildman–Crippen MR) is 99.3 cm³/mol. The van der Waals surface area contributed by atoms with Gasteiger partial charge >= 0.3 is 6.03 Å². The van der Waals surface area contributed by atoms with E-state index in [0.717, 1.165) is 31.9 Å². The Morgan fingerprint density at radius 3 is 2.96 bits per heavy atom. The van der Waals surface area contributed by atoms with Crippen LogP contribution in [-0.2, 0) is 13.1 Å². The van der Waals surface area contributed by atoms with Gasteiger partial charge in [0.05, 0.1) is 6.54 Å². The van der Waals surface area contributed by atoms with Gasteiger partial charge in [-0.3, -0.25) is 0 Å². The van der Waals surface area contributed by atoms with Gasteiger partial charge in [-0.25, -0.2) is 9.78 Å². The molecule has 25 heavy (non-hydrogen) atoms. The van der Waals surface area contributed by atoms with E-state index >= 15 is 0 Å². The second-order valence-electron chi connectivity index (χ2n) is 7.02. The van der Waals surface area contributed by atoms with Crippen molar-refractivity contribution in [2.45, 2.75) is 46.2 Å². The van der Waals surface area contributed by atoms with Crippen LogP contribution in [0.25, 0.3) is 0 Å². The number of aryl methyl sites for hydroxylation is 1. The first-order chi connectivity index (χ1) is 12.2. The first-order valence-corrected chi connectivity index (χ1v) is 9.24. The van der Waals surface area contributed by atoms with Crippen molar-refractivity contribution in [1.82, 2.24) is 19.8 Å². The second kappa shape index (κ2) is 8.19. The van der Waals surface area contributed by atoms with Gasteiger partial charge in [0.25, 0.3) is 0 Å². The summed E-state index contributed by atoms with van der Waals surface area (Å²) in [6.45, 7) is 7.06. The predicted octanol–water partition coefficient (Wildman–Crippen LogP) is 3.57. The lowest BCUT2D eigenvalue weighted by molar-refractivity contribution is 0.190. The van der Waals surface area contributed by atoms with Crippen molar-refractivity contribution >= 4 is 6.03 Å². The molecule has 3 rings (SSSR count). The smallest absolute Gasteiger partial charge is 0.317 e. The van der Waals surface area contributed by atoms with E-state index in [4.69, 9.17) is 0 Å². The van der Waals surface area contributed by atoms with Crippen LogP contribution in [0.2, 0.25) is 0 Å². The van der Waals surface area contributed by atoms with E-state index in [9.17, 15) is 4.79 Å². The lowest BCUT2D eigenvalue weighted by Crippen LogP contribution is -2.41. The van der Waals surface area contributed by atoms with E-state index in [-0.39, 0.29) is 6.03 Å². The maximum atomic E-state index is 12.5. The zero-order valence-electron chi connectivity index (χ0n) is 15.2. The number of carbonyl (C=O) groups is 1. The number of urea groups is 1. The maximum Gasteiger partial charge on any atom is 0.317 e. The van der Waals surface area contributed by atoms with Crippen LogP contribution in [-0.4, -0.2) is 33.6 Å². The number of nitrogens with one attached hydrogen (secondary N) is 1. The molecule has 1 aliphatic rings. The minimum Gasteiger partial charge on any atom is -0.338 e. The number of rotatable bonds is 8. The molecule has 134 valence electrons. The van der Waals surface area contributed by atoms with E-state index in [1.807, 2.05) is 17.3 Å². The third-order valence-corrected chi connectivity index (χ3v) is 4.56. The van der Waals surface area contributed by atoms with E-state index in [2.05, 4.69) is 53.0 Å².